The first kappa shape index (κ1) is 25.2. The molecule has 0 saturated carbocycles. The van der Waals surface area contributed by atoms with Crippen molar-refractivity contribution in [2.45, 2.75) is 51.9 Å². The molecule has 0 spiro atoms. The normalized spacial score (nSPS) is 13.9. The van der Waals surface area contributed by atoms with Crippen LogP contribution in [0.15, 0.2) is 43.1 Å². The Labute approximate surface area is 221 Å². The lowest BCUT2D eigenvalue weighted by Crippen LogP contribution is -2.12. The maximum Gasteiger partial charge on any atom is 0.175 e. The number of ketones is 1. The highest BCUT2D eigenvalue weighted by atomic mass is 32.1. The largest absolute Gasteiger partial charge is 0.396 e. The van der Waals surface area contributed by atoms with E-state index in [4.69, 9.17) is 0 Å². The van der Waals surface area contributed by atoms with Crippen LogP contribution in [0.2, 0.25) is 0 Å². The number of aromatic nitrogens is 5. The van der Waals surface area contributed by atoms with Crippen molar-refractivity contribution in [2.24, 2.45) is 7.05 Å². The number of aliphatic hydroxyl groups is 1. The number of aryl methyl sites for hydroxylation is 2. The number of Topliss-reactive ketones (excluding diaryl/α,β-unsaturated/α-hetero) is 1. The summed E-state index contributed by atoms with van der Waals surface area (Å²) in [6.45, 7) is 8.19. The van der Waals surface area contributed by atoms with Crippen LogP contribution in [0.5, 0.6) is 0 Å². The Morgan fingerprint density at radius 1 is 1.16 bits per heavy atom. The van der Waals surface area contributed by atoms with Gasteiger partial charge >= 0.3 is 0 Å². The smallest absolute Gasteiger partial charge is 0.175 e. The monoisotopic (exact) mass is 513 g/mol. The van der Waals surface area contributed by atoms with Crippen LogP contribution < -0.4 is 0 Å². The molecule has 0 bridgehead atoms. The molecular formula is C29H31N5O2S. The predicted octanol–water partition coefficient (Wildman–Crippen LogP) is 5.39. The Hall–Kier alpha value is -3.49. The second-order valence-corrected chi connectivity index (χ2v) is 11.7. The van der Waals surface area contributed by atoms with Crippen molar-refractivity contribution in [1.82, 2.24) is 24.7 Å². The van der Waals surface area contributed by atoms with Gasteiger partial charge in [0, 0.05) is 60.3 Å². The highest BCUT2D eigenvalue weighted by Crippen LogP contribution is 2.37. The zero-order valence-electron chi connectivity index (χ0n) is 21.8. The van der Waals surface area contributed by atoms with Crippen molar-refractivity contribution in [3.05, 3.63) is 80.9 Å². The van der Waals surface area contributed by atoms with E-state index in [9.17, 15) is 9.90 Å². The first-order chi connectivity index (χ1) is 17.6. The van der Waals surface area contributed by atoms with Gasteiger partial charge in [-0.25, -0.2) is 15.0 Å². The number of thiazole rings is 1. The number of fused-ring (bicyclic) bond motifs is 1. The molecule has 8 heteroatoms. The van der Waals surface area contributed by atoms with E-state index in [1.165, 1.54) is 16.9 Å². The maximum absolute atomic E-state index is 13.0. The van der Waals surface area contributed by atoms with Crippen LogP contribution in [-0.4, -0.2) is 42.2 Å². The zero-order chi connectivity index (χ0) is 26.3. The second-order valence-electron chi connectivity index (χ2n) is 10.7. The number of hydrogen-bond donors (Lipinski definition) is 1. The summed E-state index contributed by atoms with van der Waals surface area (Å²) >= 11 is 1.44. The first-order valence-electron chi connectivity index (χ1n) is 12.4. The fourth-order valence-corrected chi connectivity index (χ4v) is 5.70. The molecule has 4 aromatic rings. The van der Waals surface area contributed by atoms with Gasteiger partial charge in [-0.3, -0.25) is 9.48 Å². The van der Waals surface area contributed by atoms with E-state index in [0.717, 1.165) is 50.6 Å². The molecule has 1 atom stereocenters. The Morgan fingerprint density at radius 3 is 2.62 bits per heavy atom. The molecule has 5 rings (SSSR count). The third kappa shape index (κ3) is 5.04. The molecule has 190 valence electrons. The van der Waals surface area contributed by atoms with Crippen LogP contribution in [0, 0.1) is 6.92 Å². The summed E-state index contributed by atoms with van der Waals surface area (Å²) in [6.07, 6.45) is 10.3. The number of hydrogen-bond acceptors (Lipinski definition) is 7. The molecule has 1 aromatic carbocycles. The molecule has 3 aromatic heterocycles. The van der Waals surface area contributed by atoms with Gasteiger partial charge in [-0.05, 0) is 35.8 Å². The van der Waals surface area contributed by atoms with Crippen molar-refractivity contribution in [2.75, 3.05) is 6.61 Å². The van der Waals surface area contributed by atoms with Gasteiger partial charge in [-0.1, -0.05) is 32.9 Å². The molecule has 37 heavy (non-hydrogen) atoms. The molecule has 1 N–H and O–H groups in total. The van der Waals surface area contributed by atoms with Gasteiger partial charge in [0.05, 0.1) is 34.1 Å². The van der Waals surface area contributed by atoms with Gasteiger partial charge in [-0.2, -0.15) is 5.10 Å². The van der Waals surface area contributed by atoms with Crippen LogP contribution in [0.3, 0.4) is 0 Å². The first-order valence-corrected chi connectivity index (χ1v) is 13.2. The molecule has 0 fully saturated rings. The standard InChI is InChI=1S/C29H31N5O2S/c1-17-8-18(27-23-9-19(10-24(23)31-16-32-27)21-12-33-34(5)14-21)6-7-22(17)20(15-35)11-25(36)26-13-30-28(37-26)29(2,3)4/h6-8,10,12-14,16,20,35H,9,11,15H2,1-5H3. The second kappa shape index (κ2) is 9.76. The minimum atomic E-state index is -0.281. The number of nitrogens with zero attached hydrogens (tertiary/aromatic N) is 5. The molecule has 1 unspecified atom stereocenters. The van der Waals surface area contributed by atoms with Crippen LogP contribution in [0.1, 0.15) is 75.7 Å². The number of rotatable bonds is 7. The molecule has 1 aliphatic carbocycles. The number of benzene rings is 1. The summed E-state index contributed by atoms with van der Waals surface area (Å²) < 4.78 is 1.80. The molecule has 1 aliphatic rings. The summed E-state index contributed by atoms with van der Waals surface area (Å²) in [5, 5.41) is 15.4. The van der Waals surface area contributed by atoms with Gasteiger partial charge in [0.2, 0.25) is 0 Å². The topological polar surface area (TPSA) is 93.8 Å². The van der Waals surface area contributed by atoms with Crippen molar-refractivity contribution in [3.8, 4) is 11.3 Å². The highest BCUT2D eigenvalue weighted by molar-refractivity contribution is 7.13. The molecule has 7 nitrogen and oxygen atoms in total. The lowest BCUT2D eigenvalue weighted by atomic mass is 9.89. The van der Waals surface area contributed by atoms with E-state index >= 15 is 0 Å². The van der Waals surface area contributed by atoms with Crippen molar-refractivity contribution < 1.29 is 9.90 Å². The SMILES string of the molecule is Cc1cc(-c2ncnc3c2CC(c2cnn(C)c2)=C3)ccc1C(CO)CC(=O)c1cnc(C(C)(C)C)s1. The van der Waals surface area contributed by atoms with Crippen molar-refractivity contribution in [3.63, 3.8) is 0 Å². The lowest BCUT2D eigenvalue weighted by molar-refractivity contribution is 0.0963. The van der Waals surface area contributed by atoms with Gasteiger partial charge in [-0.15, -0.1) is 11.3 Å². The summed E-state index contributed by atoms with van der Waals surface area (Å²) in [5.74, 6) is -0.269. The number of carbonyl (C=O) groups is 1. The van der Waals surface area contributed by atoms with E-state index < -0.39 is 0 Å². The summed E-state index contributed by atoms with van der Waals surface area (Å²) in [7, 11) is 1.91. The van der Waals surface area contributed by atoms with Gasteiger partial charge in [0.15, 0.2) is 5.78 Å². The van der Waals surface area contributed by atoms with Crippen LogP contribution >= 0.6 is 11.3 Å². The quantitative estimate of drug-likeness (QED) is 0.333. The Balaban J connectivity index is 1.37. The Morgan fingerprint density at radius 2 is 1.97 bits per heavy atom. The van der Waals surface area contributed by atoms with Crippen LogP contribution in [0.4, 0.5) is 0 Å². The van der Waals surface area contributed by atoms with Crippen LogP contribution in [0.25, 0.3) is 22.9 Å². The minimum absolute atomic E-state index is 0.0122. The fraction of sp³-hybridized carbons (Fsp3) is 0.345. The van der Waals surface area contributed by atoms with Crippen LogP contribution in [-0.2, 0) is 18.9 Å². The number of aliphatic hydroxyl groups excluding tert-OH is 1. The maximum atomic E-state index is 13.0. The van der Waals surface area contributed by atoms with E-state index in [2.05, 4.69) is 53.0 Å². The van der Waals surface area contributed by atoms with E-state index in [-0.39, 0.29) is 30.1 Å². The summed E-state index contributed by atoms with van der Waals surface area (Å²) in [6, 6.07) is 6.15. The van der Waals surface area contributed by atoms with E-state index in [0.29, 0.717) is 4.88 Å². The Kier molecular flexibility index (Phi) is 6.64. The molecule has 0 amide bonds. The van der Waals surface area contributed by atoms with E-state index in [1.54, 1.807) is 17.2 Å². The van der Waals surface area contributed by atoms with Gasteiger partial charge in [0.1, 0.15) is 6.33 Å². The van der Waals surface area contributed by atoms with Crippen molar-refractivity contribution in [1.29, 1.82) is 0 Å². The number of carbonyl (C=O) groups excluding carboxylic acids is 1. The van der Waals surface area contributed by atoms with Crippen molar-refractivity contribution >= 4 is 28.8 Å². The third-order valence-electron chi connectivity index (χ3n) is 6.79. The fourth-order valence-electron chi connectivity index (χ4n) is 4.78. The average molecular weight is 514 g/mol. The average Bonchev–Trinajstić information content (AvgIpc) is 3.61. The van der Waals surface area contributed by atoms with Gasteiger partial charge in [0.25, 0.3) is 0 Å². The molecule has 3 heterocycles. The molecule has 0 saturated heterocycles. The predicted molar refractivity (Wildman–Crippen MR) is 147 cm³/mol. The lowest BCUT2D eigenvalue weighted by Gasteiger charge is -2.18. The minimum Gasteiger partial charge on any atom is -0.396 e. The number of allylic oxidation sites excluding steroid dienone is 1. The Bertz CT molecular complexity index is 1510. The molecule has 0 aliphatic heterocycles. The highest BCUT2D eigenvalue weighted by Gasteiger charge is 2.25. The van der Waals surface area contributed by atoms with Gasteiger partial charge < -0.3 is 5.11 Å². The summed E-state index contributed by atoms with van der Waals surface area (Å²) in [5.41, 5.74) is 8.10. The van der Waals surface area contributed by atoms with E-state index in [1.807, 2.05) is 38.5 Å². The molecular weight excluding hydrogens is 482 g/mol. The third-order valence-corrected chi connectivity index (χ3v) is 8.25. The zero-order valence-corrected chi connectivity index (χ0v) is 22.6. The summed E-state index contributed by atoms with van der Waals surface area (Å²) in [4.78, 5) is 27.2. The molecule has 0 radical (unpaired) electrons.